The normalized spacial score (nSPS) is 14.2. The van der Waals surface area contributed by atoms with E-state index >= 15 is 0 Å². The van der Waals surface area contributed by atoms with E-state index < -0.39 is 18.7 Å². The van der Waals surface area contributed by atoms with Gasteiger partial charge in [-0.2, -0.15) is 13.2 Å². The van der Waals surface area contributed by atoms with Gasteiger partial charge in [0, 0.05) is 24.9 Å². The highest BCUT2D eigenvalue weighted by atomic mass is 19.4. The molecule has 15 heavy (non-hydrogen) atoms. The Morgan fingerprint density at radius 3 is 2.67 bits per heavy atom. The average molecular weight is 221 g/mol. The first kappa shape index (κ1) is 12.1. The summed E-state index contributed by atoms with van der Waals surface area (Å²) in [6, 6.07) is 3.42. The SMILES string of the molecule is CC(O)c1cccn1CCCC(F)(F)F. The van der Waals surface area contributed by atoms with Gasteiger partial charge in [0.15, 0.2) is 0 Å². The van der Waals surface area contributed by atoms with Gasteiger partial charge in [0.25, 0.3) is 0 Å². The van der Waals surface area contributed by atoms with Gasteiger partial charge in [-0.05, 0) is 25.5 Å². The first-order valence-corrected chi connectivity index (χ1v) is 4.80. The second-order valence-electron chi connectivity index (χ2n) is 3.52. The van der Waals surface area contributed by atoms with Crippen molar-refractivity contribution >= 4 is 0 Å². The predicted octanol–water partition coefficient (Wildman–Crippen LogP) is 2.88. The van der Waals surface area contributed by atoms with E-state index in [1.807, 2.05) is 0 Å². The van der Waals surface area contributed by atoms with Gasteiger partial charge in [-0.1, -0.05) is 0 Å². The van der Waals surface area contributed by atoms with Gasteiger partial charge in [0.05, 0.1) is 6.10 Å². The number of aliphatic hydroxyl groups is 1. The molecular formula is C10H14F3NO. The fourth-order valence-electron chi connectivity index (χ4n) is 1.46. The molecule has 0 aliphatic rings. The van der Waals surface area contributed by atoms with Crippen LogP contribution in [0.25, 0.3) is 0 Å². The third-order valence-corrected chi connectivity index (χ3v) is 2.15. The lowest BCUT2D eigenvalue weighted by Crippen LogP contribution is -2.10. The van der Waals surface area contributed by atoms with E-state index in [2.05, 4.69) is 0 Å². The predicted molar refractivity (Wildman–Crippen MR) is 50.4 cm³/mol. The van der Waals surface area contributed by atoms with Crippen molar-refractivity contribution < 1.29 is 18.3 Å². The van der Waals surface area contributed by atoms with Crippen molar-refractivity contribution in [3.05, 3.63) is 24.0 Å². The number of aromatic nitrogens is 1. The molecule has 1 rings (SSSR count). The molecule has 1 N–H and O–H groups in total. The molecule has 0 spiro atoms. The number of alkyl halides is 3. The Bertz CT molecular complexity index is 304. The molecular weight excluding hydrogens is 207 g/mol. The largest absolute Gasteiger partial charge is 0.389 e. The van der Waals surface area contributed by atoms with Crippen LogP contribution in [-0.4, -0.2) is 15.8 Å². The highest BCUT2D eigenvalue weighted by Gasteiger charge is 2.26. The van der Waals surface area contributed by atoms with E-state index in [4.69, 9.17) is 0 Å². The van der Waals surface area contributed by atoms with Crippen LogP contribution in [0.5, 0.6) is 0 Å². The molecule has 0 bridgehead atoms. The second-order valence-corrected chi connectivity index (χ2v) is 3.52. The van der Waals surface area contributed by atoms with E-state index in [1.165, 1.54) is 0 Å². The fraction of sp³-hybridized carbons (Fsp3) is 0.600. The van der Waals surface area contributed by atoms with Crippen LogP contribution in [-0.2, 0) is 6.54 Å². The minimum atomic E-state index is -4.10. The Kier molecular flexibility index (Phi) is 3.79. The summed E-state index contributed by atoms with van der Waals surface area (Å²) in [5, 5.41) is 9.31. The molecule has 0 aliphatic heterocycles. The van der Waals surface area contributed by atoms with Gasteiger partial charge in [0.2, 0.25) is 0 Å². The van der Waals surface area contributed by atoms with Gasteiger partial charge in [-0.3, -0.25) is 0 Å². The van der Waals surface area contributed by atoms with Crippen LogP contribution < -0.4 is 0 Å². The van der Waals surface area contributed by atoms with Gasteiger partial charge >= 0.3 is 6.18 Å². The standard InChI is InChI=1S/C10H14F3NO/c1-8(15)9-4-2-6-14(9)7-3-5-10(11,12)13/h2,4,6,8,15H,3,5,7H2,1H3. The van der Waals surface area contributed by atoms with E-state index in [1.54, 1.807) is 29.8 Å². The van der Waals surface area contributed by atoms with Crippen LogP contribution in [0.1, 0.15) is 31.6 Å². The highest BCUT2D eigenvalue weighted by molar-refractivity contribution is 5.09. The Hall–Kier alpha value is -0.970. The van der Waals surface area contributed by atoms with Gasteiger partial charge < -0.3 is 9.67 Å². The van der Waals surface area contributed by atoms with Crippen molar-refractivity contribution in [1.82, 2.24) is 4.57 Å². The second kappa shape index (κ2) is 4.70. The van der Waals surface area contributed by atoms with E-state index in [9.17, 15) is 18.3 Å². The van der Waals surface area contributed by atoms with Crippen LogP contribution in [0.2, 0.25) is 0 Å². The molecule has 1 heterocycles. The number of hydrogen-bond donors (Lipinski definition) is 1. The van der Waals surface area contributed by atoms with Crippen LogP contribution in [0.4, 0.5) is 13.2 Å². The maximum Gasteiger partial charge on any atom is 0.389 e. The lowest BCUT2D eigenvalue weighted by molar-refractivity contribution is -0.135. The van der Waals surface area contributed by atoms with Crippen LogP contribution in [0.15, 0.2) is 18.3 Å². The Labute approximate surface area is 86.3 Å². The first-order valence-electron chi connectivity index (χ1n) is 4.80. The lowest BCUT2D eigenvalue weighted by atomic mass is 10.2. The molecule has 0 aliphatic carbocycles. The zero-order valence-electron chi connectivity index (χ0n) is 8.46. The summed E-state index contributed by atoms with van der Waals surface area (Å²) in [5.74, 6) is 0. The van der Waals surface area contributed by atoms with Crippen molar-refractivity contribution in [2.75, 3.05) is 0 Å². The molecule has 0 saturated carbocycles. The summed E-state index contributed by atoms with van der Waals surface area (Å²) in [6.07, 6.45) is -3.82. The summed E-state index contributed by atoms with van der Waals surface area (Å²) >= 11 is 0. The summed E-state index contributed by atoms with van der Waals surface area (Å²) in [5.41, 5.74) is 0.650. The summed E-state index contributed by atoms with van der Waals surface area (Å²) in [4.78, 5) is 0. The zero-order valence-corrected chi connectivity index (χ0v) is 8.46. The van der Waals surface area contributed by atoms with Crippen molar-refractivity contribution in [3.63, 3.8) is 0 Å². The number of hydrogen-bond acceptors (Lipinski definition) is 1. The maximum absolute atomic E-state index is 11.9. The minimum absolute atomic E-state index is 0.0396. The van der Waals surface area contributed by atoms with Crippen molar-refractivity contribution in [2.45, 2.75) is 38.6 Å². The molecule has 0 radical (unpaired) electrons. The molecule has 0 aromatic carbocycles. The molecule has 0 fully saturated rings. The third-order valence-electron chi connectivity index (χ3n) is 2.15. The smallest absolute Gasteiger partial charge is 0.387 e. The number of halogens is 3. The summed E-state index contributed by atoms with van der Waals surface area (Å²) in [7, 11) is 0. The summed E-state index contributed by atoms with van der Waals surface area (Å²) in [6.45, 7) is 1.88. The quantitative estimate of drug-likeness (QED) is 0.830. The van der Waals surface area contributed by atoms with E-state index in [0.717, 1.165) is 0 Å². The molecule has 2 nitrogen and oxygen atoms in total. The molecule has 1 aromatic heterocycles. The van der Waals surface area contributed by atoms with Crippen LogP contribution in [0, 0.1) is 0 Å². The monoisotopic (exact) mass is 221 g/mol. The lowest BCUT2D eigenvalue weighted by Gasteiger charge is -2.12. The van der Waals surface area contributed by atoms with Crippen molar-refractivity contribution in [3.8, 4) is 0 Å². The van der Waals surface area contributed by atoms with E-state index in [0.29, 0.717) is 5.69 Å². The Morgan fingerprint density at radius 1 is 1.47 bits per heavy atom. The van der Waals surface area contributed by atoms with Gasteiger partial charge in [-0.25, -0.2) is 0 Å². The Balaban J connectivity index is 2.47. The molecule has 1 atom stereocenters. The molecule has 1 unspecified atom stereocenters. The van der Waals surface area contributed by atoms with Crippen LogP contribution >= 0.6 is 0 Å². The van der Waals surface area contributed by atoms with E-state index in [-0.39, 0.29) is 13.0 Å². The van der Waals surface area contributed by atoms with Gasteiger partial charge in [-0.15, -0.1) is 0 Å². The molecule has 0 amide bonds. The van der Waals surface area contributed by atoms with Crippen molar-refractivity contribution in [2.24, 2.45) is 0 Å². The highest BCUT2D eigenvalue weighted by Crippen LogP contribution is 2.22. The minimum Gasteiger partial charge on any atom is -0.387 e. The average Bonchev–Trinajstić information content (AvgIpc) is 2.49. The zero-order chi connectivity index (χ0) is 11.5. The topological polar surface area (TPSA) is 25.2 Å². The Morgan fingerprint density at radius 2 is 2.13 bits per heavy atom. The van der Waals surface area contributed by atoms with Crippen LogP contribution in [0.3, 0.4) is 0 Å². The molecule has 0 saturated heterocycles. The fourth-order valence-corrected chi connectivity index (χ4v) is 1.46. The maximum atomic E-state index is 11.9. The molecule has 86 valence electrons. The number of aryl methyl sites for hydroxylation is 1. The molecule has 1 aromatic rings. The first-order chi connectivity index (χ1) is 6.90. The number of rotatable bonds is 4. The van der Waals surface area contributed by atoms with Gasteiger partial charge in [0.1, 0.15) is 0 Å². The number of aliphatic hydroxyl groups excluding tert-OH is 1. The molecule has 5 heteroatoms. The third kappa shape index (κ3) is 3.95. The van der Waals surface area contributed by atoms with Crippen molar-refractivity contribution in [1.29, 1.82) is 0 Å². The number of nitrogens with zero attached hydrogens (tertiary/aromatic N) is 1. The summed E-state index contributed by atoms with van der Waals surface area (Å²) < 4.78 is 37.3.